The number of benzene rings is 2. The van der Waals surface area contributed by atoms with Crippen molar-refractivity contribution >= 4 is 17.2 Å². The van der Waals surface area contributed by atoms with E-state index < -0.39 is 24.0 Å². The molecule has 4 unspecified atom stereocenters. The molecular formula is C36H41NO4. The molecule has 1 aliphatic carbocycles. The van der Waals surface area contributed by atoms with Crippen LogP contribution in [0.1, 0.15) is 52.7 Å². The molecule has 3 aliphatic rings. The molecule has 2 aromatic carbocycles. The van der Waals surface area contributed by atoms with Gasteiger partial charge < -0.3 is 19.8 Å². The zero-order chi connectivity index (χ0) is 29.7. The first kappa shape index (κ1) is 28.8. The number of ether oxygens (including phenoxy) is 1. The Morgan fingerprint density at radius 3 is 1.93 bits per heavy atom. The lowest BCUT2D eigenvalue weighted by Gasteiger charge is -2.37. The van der Waals surface area contributed by atoms with Crippen LogP contribution in [-0.4, -0.2) is 40.2 Å². The van der Waals surface area contributed by atoms with Crippen LogP contribution in [0.25, 0.3) is 11.5 Å². The molecule has 5 heteroatoms. The second-order valence-corrected chi connectivity index (χ2v) is 13.3. The summed E-state index contributed by atoms with van der Waals surface area (Å²) in [6.45, 7) is 12.6. The van der Waals surface area contributed by atoms with E-state index in [2.05, 4.69) is 46.4 Å². The lowest BCUT2D eigenvalue weighted by Crippen LogP contribution is -2.31. The minimum atomic E-state index is -1.40. The van der Waals surface area contributed by atoms with E-state index in [-0.39, 0.29) is 16.6 Å². The quantitative estimate of drug-likeness (QED) is 0.442. The third-order valence-corrected chi connectivity index (χ3v) is 8.15. The maximum atomic E-state index is 13.8. The number of ketones is 1. The Balaban J connectivity index is 1.64. The van der Waals surface area contributed by atoms with Crippen LogP contribution in [0.4, 0.5) is 0 Å². The van der Waals surface area contributed by atoms with Crippen LogP contribution in [0.2, 0.25) is 0 Å². The summed E-state index contributed by atoms with van der Waals surface area (Å²) in [5.41, 5.74) is 4.40. The molecule has 0 bridgehead atoms. The standard InChI is InChI=1S/C36H41NO4/c1-35(2,3)28-20-24(18-26(37(28)7)22-14-10-8-11-15-22)30-32(38)31(34(40)33(30)39)25-19-27(23-16-12-9-13-17-23)41-29(21-25)36(4,5)6/h8-21,25,31-33,38-39H,1-7H3/b30-24+. The van der Waals surface area contributed by atoms with E-state index in [4.69, 9.17) is 4.74 Å². The molecule has 2 N–H and O–H groups in total. The first-order valence-corrected chi connectivity index (χ1v) is 14.3. The zero-order valence-corrected chi connectivity index (χ0v) is 25.1. The molecule has 0 radical (unpaired) electrons. The molecule has 1 fully saturated rings. The number of aliphatic hydroxyl groups is 2. The summed E-state index contributed by atoms with van der Waals surface area (Å²) in [6, 6.07) is 19.8. The second kappa shape index (κ2) is 10.6. The van der Waals surface area contributed by atoms with E-state index in [9.17, 15) is 15.0 Å². The van der Waals surface area contributed by atoms with E-state index in [0.29, 0.717) is 16.9 Å². The summed E-state index contributed by atoms with van der Waals surface area (Å²) in [5.74, 6) is -0.274. The lowest BCUT2D eigenvalue weighted by molar-refractivity contribution is -0.128. The molecule has 5 rings (SSSR count). The van der Waals surface area contributed by atoms with Gasteiger partial charge in [0.05, 0.1) is 12.0 Å². The summed E-state index contributed by atoms with van der Waals surface area (Å²) >= 11 is 0. The highest BCUT2D eigenvalue weighted by Gasteiger charge is 2.49. The molecule has 2 aliphatic heterocycles. The number of rotatable bonds is 3. The Bertz CT molecular complexity index is 1480. The van der Waals surface area contributed by atoms with E-state index in [0.717, 1.165) is 28.3 Å². The van der Waals surface area contributed by atoms with Gasteiger partial charge in [0.25, 0.3) is 0 Å². The molecule has 0 spiro atoms. The average molecular weight is 552 g/mol. The number of carbonyl (C=O) groups is 1. The predicted octanol–water partition coefficient (Wildman–Crippen LogP) is 6.74. The molecule has 4 atom stereocenters. The first-order chi connectivity index (χ1) is 19.3. The third-order valence-electron chi connectivity index (χ3n) is 8.15. The minimum absolute atomic E-state index is 0.217. The fourth-order valence-electron chi connectivity index (χ4n) is 5.96. The highest BCUT2D eigenvalue weighted by atomic mass is 16.5. The molecule has 214 valence electrons. The van der Waals surface area contributed by atoms with Crippen molar-refractivity contribution in [1.82, 2.24) is 4.90 Å². The average Bonchev–Trinajstić information content (AvgIpc) is 3.16. The number of hydrogen-bond acceptors (Lipinski definition) is 5. The van der Waals surface area contributed by atoms with Gasteiger partial charge in [-0.05, 0) is 35.4 Å². The lowest BCUT2D eigenvalue weighted by atomic mass is 9.81. The maximum absolute atomic E-state index is 13.8. The molecule has 5 nitrogen and oxygen atoms in total. The van der Waals surface area contributed by atoms with Gasteiger partial charge in [-0.3, -0.25) is 4.79 Å². The Morgan fingerprint density at radius 2 is 1.37 bits per heavy atom. The molecule has 2 aromatic rings. The van der Waals surface area contributed by atoms with Gasteiger partial charge in [0, 0.05) is 46.3 Å². The van der Waals surface area contributed by atoms with Crippen molar-refractivity contribution < 1.29 is 19.7 Å². The van der Waals surface area contributed by atoms with Gasteiger partial charge in [-0.15, -0.1) is 0 Å². The summed E-state index contributed by atoms with van der Waals surface area (Å²) in [5, 5.41) is 23.2. The van der Waals surface area contributed by atoms with Crippen molar-refractivity contribution in [3.63, 3.8) is 0 Å². The smallest absolute Gasteiger partial charge is 0.172 e. The van der Waals surface area contributed by atoms with Crippen molar-refractivity contribution in [2.75, 3.05) is 7.05 Å². The molecule has 2 heterocycles. The van der Waals surface area contributed by atoms with Gasteiger partial charge in [0.1, 0.15) is 17.6 Å². The van der Waals surface area contributed by atoms with Gasteiger partial charge in [-0.2, -0.15) is 0 Å². The van der Waals surface area contributed by atoms with Crippen LogP contribution >= 0.6 is 0 Å². The van der Waals surface area contributed by atoms with Crippen molar-refractivity contribution in [1.29, 1.82) is 0 Å². The number of carbonyl (C=O) groups excluding carboxylic acids is 1. The van der Waals surface area contributed by atoms with E-state index in [1.807, 2.05) is 92.0 Å². The molecule has 0 aromatic heterocycles. The number of allylic oxidation sites excluding steroid dienone is 7. The van der Waals surface area contributed by atoms with Crippen LogP contribution in [0, 0.1) is 22.7 Å². The van der Waals surface area contributed by atoms with E-state index in [1.165, 1.54) is 0 Å². The monoisotopic (exact) mass is 551 g/mol. The Kier molecular flexibility index (Phi) is 7.47. The number of hydrogen-bond donors (Lipinski definition) is 2. The van der Waals surface area contributed by atoms with Crippen LogP contribution < -0.4 is 0 Å². The first-order valence-electron chi connectivity index (χ1n) is 14.3. The van der Waals surface area contributed by atoms with Crippen LogP contribution in [0.5, 0.6) is 0 Å². The van der Waals surface area contributed by atoms with Gasteiger partial charge in [-0.25, -0.2) is 0 Å². The van der Waals surface area contributed by atoms with Crippen LogP contribution in [-0.2, 0) is 9.53 Å². The Hall–Kier alpha value is -3.67. The number of nitrogens with zero attached hydrogens (tertiary/aromatic N) is 1. The molecule has 1 saturated carbocycles. The number of Topliss-reactive ketones (excluding diaryl/α,β-unsaturated/α-hetero) is 1. The third kappa shape index (κ3) is 5.49. The summed E-state index contributed by atoms with van der Waals surface area (Å²) in [6.07, 6.45) is 5.28. The van der Waals surface area contributed by atoms with Crippen molar-refractivity contribution in [2.24, 2.45) is 22.7 Å². The van der Waals surface area contributed by atoms with Gasteiger partial charge in [0.2, 0.25) is 0 Å². The maximum Gasteiger partial charge on any atom is 0.172 e. The van der Waals surface area contributed by atoms with Crippen LogP contribution in [0.15, 0.2) is 108 Å². The van der Waals surface area contributed by atoms with Crippen molar-refractivity contribution in [3.05, 3.63) is 119 Å². The molecular weight excluding hydrogens is 510 g/mol. The topological polar surface area (TPSA) is 70.0 Å². The predicted molar refractivity (Wildman–Crippen MR) is 164 cm³/mol. The molecule has 41 heavy (non-hydrogen) atoms. The number of aliphatic hydroxyl groups excluding tert-OH is 2. The fraction of sp³-hybridized carbons (Fsp3) is 0.361. The highest BCUT2D eigenvalue weighted by Crippen LogP contribution is 2.45. The fourth-order valence-corrected chi connectivity index (χ4v) is 5.96. The summed E-state index contributed by atoms with van der Waals surface area (Å²) < 4.78 is 6.32. The van der Waals surface area contributed by atoms with Crippen molar-refractivity contribution in [2.45, 2.75) is 53.8 Å². The van der Waals surface area contributed by atoms with Gasteiger partial charge in [0.15, 0.2) is 5.78 Å². The molecule has 0 amide bonds. The van der Waals surface area contributed by atoms with Gasteiger partial charge in [-0.1, -0.05) is 102 Å². The van der Waals surface area contributed by atoms with Crippen LogP contribution in [0.3, 0.4) is 0 Å². The zero-order valence-electron chi connectivity index (χ0n) is 25.1. The highest BCUT2D eigenvalue weighted by molar-refractivity contribution is 5.94. The summed E-state index contributed by atoms with van der Waals surface area (Å²) in [4.78, 5) is 15.9. The minimum Gasteiger partial charge on any atom is -0.461 e. The largest absolute Gasteiger partial charge is 0.461 e. The van der Waals surface area contributed by atoms with E-state index >= 15 is 0 Å². The Morgan fingerprint density at radius 1 is 0.780 bits per heavy atom. The summed E-state index contributed by atoms with van der Waals surface area (Å²) in [7, 11) is 2.03. The normalized spacial score (nSPS) is 27.1. The molecule has 0 saturated heterocycles. The Labute approximate surface area is 243 Å². The second-order valence-electron chi connectivity index (χ2n) is 13.3. The van der Waals surface area contributed by atoms with E-state index in [1.54, 1.807) is 0 Å². The van der Waals surface area contributed by atoms with Gasteiger partial charge >= 0.3 is 0 Å². The SMILES string of the molecule is CN1C(c2ccccc2)=C/C(=C2\C(O)C(=O)C(C3C=C(c4ccccc4)OC(C(C)(C)C)=C3)C2O)C=C1C(C)(C)C. The van der Waals surface area contributed by atoms with Crippen molar-refractivity contribution in [3.8, 4) is 0 Å².